The average Bonchev–Trinajstić information content (AvgIpc) is 3.07. The predicted molar refractivity (Wildman–Crippen MR) is 113 cm³/mol. The molecule has 1 aromatic carbocycles. The number of furan rings is 1. The van der Waals surface area contributed by atoms with Gasteiger partial charge in [0.1, 0.15) is 17.6 Å². The molecule has 2 aromatic rings. The van der Waals surface area contributed by atoms with Crippen LogP contribution in [0.2, 0.25) is 0 Å². The van der Waals surface area contributed by atoms with Crippen LogP contribution in [0.5, 0.6) is 0 Å². The van der Waals surface area contributed by atoms with Crippen LogP contribution in [-0.2, 0) is 17.6 Å². The van der Waals surface area contributed by atoms with E-state index >= 15 is 0 Å². The van der Waals surface area contributed by atoms with E-state index in [4.69, 9.17) is 9.15 Å². The van der Waals surface area contributed by atoms with E-state index in [0.717, 1.165) is 12.0 Å². The number of hydrogen-bond donors (Lipinski definition) is 2. The van der Waals surface area contributed by atoms with Crippen molar-refractivity contribution < 1.29 is 23.5 Å². The van der Waals surface area contributed by atoms with Gasteiger partial charge in [0.15, 0.2) is 5.78 Å². The van der Waals surface area contributed by atoms with Crippen molar-refractivity contribution >= 4 is 23.5 Å². The molecule has 0 saturated carbocycles. The Morgan fingerprint density at radius 1 is 1.17 bits per heavy atom. The van der Waals surface area contributed by atoms with Crippen LogP contribution in [0.4, 0.5) is 10.5 Å². The second-order valence-corrected chi connectivity index (χ2v) is 8.63. The number of amides is 2. The first-order valence-electron chi connectivity index (χ1n) is 10.2. The van der Waals surface area contributed by atoms with Gasteiger partial charge in [0.25, 0.3) is 5.91 Å². The van der Waals surface area contributed by atoms with Crippen molar-refractivity contribution in [1.29, 1.82) is 0 Å². The molecule has 1 heterocycles. The smallest absolute Gasteiger partial charge is 0.407 e. The molecule has 0 aliphatic heterocycles. The number of alkyl carbamates (subject to hydrolysis) is 1. The van der Waals surface area contributed by atoms with E-state index in [9.17, 15) is 14.4 Å². The number of benzene rings is 1. The first-order valence-corrected chi connectivity index (χ1v) is 10.2. The van der Waals surface area contributed by atoms with Crippen LogP contribution >= 0.6 is 0 Å². The van der Waals surface area contributed by atoms with Crippen molar-refractivity contribution in [2.75, 3.05) is 5.32 Å². The van der Waals surface area contributed by atoms with Gasteiger partial charge in [-0.2, -0.15) is 0 Å². The van der Waals surface area contributed by atoms with Crippen LogP contribution in [0.15, 0.2) is 34.9 Å². The Kier molecular flexibility index (Phi) is 6.29. The minimum absolute atomic E-state index is 0.0445. The SMILES string of the molecule is CC(Cc1ccc(NC(=O)c2coc3c2C(=O)CCC3)cc1)NC(=O)OC(C)(C)C. The van der Waals surface area contributed by atoms with Crippen LogP contribution in [-0.4, -0.2) is 29.4 Å². The summed E-state index contributed by atoms with van der Waals surface area (Å²) >= 11 is 0. The fourth-order valence-electron chi connectivity index (χ4n) is 3.43. The summed E-state index contributed by atoms with van der Waals surface area (Å²) < 4.78 is 10.7. The maximum Gasteiger partial charge on any atom is 0.407 e. The summed E-state index contributed by atoms with van der Waals surface area (Å²) in [5.74, 6) is 0.193. The molecule has 0 fully saturated rings. The van der Waals surface area contributed by atoms with Gasteiger partial charge in [-0.1, -0.05) is 12.1 Å². The van der Waals surface area contributed by atoms with Gasteiger partial charge in [0.05, 0.1) is 11.1 Å². The zero-order chi connectivity index (χ0) is 21.9. The summed E-state index contributed by atoms with van der Waals surface area (Å²) in [6.07, 6.45) is 3.41. The number of carbonyl (C=O) groups is 3. The van der Waals surface area contributed by atoms with Gasteiger partial charge in [-0.05, 0) is 58.2 Å². The van der Waals surface area contributed by atoms with Gasteiger partial charge in [0.2, 0.25) is 0 Å². The summed E-state index contributed by atoms with van der Waals surface area (Å²) in [5.41, 5.74) is 1.79. The summed E-state index contributed by atoms with van der Waals surface area (Å²) in [4.78, 5) is 36.6. The van der Waals surface area contributed by atoms with Crippen molar-refractivity contribution in [2.24, 2.45) is 0 Å². The normalized spacial score (nSPS) is 14.6. The first-order chi connectivity index (χ1) is 14.1. The molecule has 3 rings (SSSR count). The van der Waals surface area contributed by atoms with E-state index in [1.807, 2.05) is 39.8 Å². The van der Waals surface area contributed by atoms with Crippen LogP contribution in [0, 0.1) is 0 Å². The summed E-state index contributed by atoms with van der Waals surface area (Å²) in [6.45, 7) is 7.36. The Morgan fingerprint density at radius 2 is 1.87 bits per heavy atom. The molecule has 1 aliphatic carbocycles. The predicted octanol–water partition coefficient (Wildman–Crippen LogP) is 4.51. The lowest BCUT2D eigenvalue weighted by molar-refractivity contribution is 0.0508. The fraction of sp³-hybridized carbons (Fsp3) is 0.435. The second kappa shape index (κ2) is 8.73. The number of hydrogen-bond acceptors (Lipinski definition) is 5. The molecule has 0 bridgehead atoms. The lowest BCUT2D eigenvalue weighted by atomic mass is 9.94. The number of ketones is 1. The molecule has 0 radical (unpaired) electrons. The third-order valence-electron chi connectivity index (χ3n) is 4.72. The number of anilines is 1. The summed E-state index contributed by atoms with van der Waals surface area (Å²) in [6, 6.07) is 7.25. The minimum atomic E-state index is -0.539. The van der Waals surface area contributed by atoms with Crippen LogP contribution in [0.25, 0.3) is 0 Å². The Hall–Kier alpha value is -3.09. The molecule has 160 valence electrons. The van der Waals surface area contributed by atoms with E-state index in [0.29, 0.717) is 36.3 Å². The number of carbonyl (C=O) groups excluding carboxylic acids is 3. The first kappa shape index (κ1) is 21.6. The molecule has 0 saturated heterocycles. The van der Waals surface area contributed by atoms with E-state index in [1.165, 1.54) is 6.26 Å². The Balaban J connectivity index is 1.57. The monoisotopic (exact) mass is 412 g/mol. The van der Waals surface area contributed by atoms with Gasteiger partial charge in [-0.3, -0.25) is 9.59 Å². The standard InChI is InChI=1S/C23H28N2O5/c1-14(24-22(28)30-23(2,3)4)12-15-8-10-16(11-9-15)25-21(27)17-13-29-19-7-5-6-18(26)20(17)19/h8-11,13-14H,5-7,12H2,1-4H3,(H,24,28)(H,25,27). The van der Waals surface area contributed by atoms with Gasteiger partial charge in [-0.25, -0.2) is 4.79 Å². The van der Waals surface area contributed by atoms with Gasteiger partial charge in [-0.15, -0.1) is 0 Å². The molecule has 0 spiro atoms. The fourth-order valence-corrected chi connectivity index (χ4v) is 3.43. The second-order valence-electron chi connectivity index (χ2n) is 8.63. The Morgan fingerprint density at radius 3 is 2.53 bits per heavy atom. The highest BCUT2D eigenvalue weighted by molar-refractivity contribution is 6.13. The molecule has 1 atom stereocenters. The summed E-state index contributed by atoms with van der Waals surface area (Å²) in [5, 5.41) is 5.62. The number of aryl methyl sites for hydroxylation is 1. The lowest BCUT2D eigenvalue weighted by Gasteiger charge is -2.22. The van der Waals surface area contributed by atoms with Crippen molar-refractivity contribution in [1.82, 2.24) is 5.32 Å². The molecular weight excluding hydrogens is 384 g/mol. The van der Waals surface area contributed by atoms with E-state index in [1.54, 1.807) is 12.1 Å². The third kappa shape index (κ3) is 5.49. The van der Waals surface area contributed by atoms with Crippen molar-refractivity contribution in [2.45, 2.75) is 65.0 Å². The maximum atomic E-state index is 12.6. The highest BCUT2D eigenvalue weighted by Gasteiger charge is 2.27. The topological polar surface area (TPSA) is 97.6 Å². The van der Waals surface area contributed by atoms with Gasteiger partial charge < -0.3 is 19.8 Å². The molecule has 2 amide bonds. The van der Waals surface area contributed by atoms with E-state index in [2.05, 4.69) is 10.6 Å². The van der Waals surface area contributed by atoms with Gasteiger partial charge in [0, 0.05) is 24.6 Å². The zero-order valence-corrected chi connectivity index (χ0v) is 17.8. The highest BCUT2D eigenvalue weighted by atomic mass is 16.6. The molecule has 1 aliphatic rings. The quantitative estimate of drug-likeness (QED) is 0.753. The molecule has 30 heavy (non-hydrogen) atoms. The molecule has 7 heteroatoms. The van der Waals surface area contributed by atoms with E-state index < -0.39 is 11.7 Å². The number of fused-ring (bicyclic) bond motifs is 1. The Bertz CT molecular complexity index is 937. The molecule has 2 N–H and O–H groups in total. The van der Waals surface area contributed by atoms with Gasteiger partial charge >= 0.3 is 6.09 Å². The van der Waals surface area contributed by atoms with E-state index in [-0.39, 0.29) is 23.3 Å². The zero-order valence-electron chi connectivity index (χ0n) is 17.8. The lowest BCUT2D eigenvalue weighted by Crippen LogP contribution is -2.38. The number of nitrogens with one attached hydrogen (secondary N) is 2. The maximum absolute atomic E-state index is 12.6. The van der Waals surface area contributed by atoms with Crippen LogP contribution < -0.4 is 10.6 Å². The van der Waals surface area contributed by atoms with Crippen molar-refractivity contribution in [3.8, 4) is 0 Å². The molecule has 7 nitrogen and oxygen atoms in total. The van der Waals surface area contributed by atoms with Crippen molar-refractivity contribution in [3.63, 3.8) is 0 Å². The highest BCUT2D eigenvalue weighted by Crippen LogP contribution is 2.27. The molecule has 1 aromatic heterocycles. The number of Topliss-reactive ketones (excluding diaryl/α,β-unsaturated/α-hetero) is 1. The molecular formula is C23H28N2O5. The summed E-state index contributed by atoms with van der Waals surface area (Å²) in [7, 11) is 0. The number of ether oxygens (including phenoxy) is 1. The Labute approximate surface area is 176 Å². The third-order valence-corrected chi connectivity index (χ3v) is 4.72. The largest absolute Gasteiger partial charge is 0.468 e. The minimum Gasteiger partial charge on any atom is -0.468 e. The van der Waals surface area contributed by atoms with Crippen molar-refractivity contribution in [3.05, 3.63) is 53.0 Å². The van der Waals surface area contributed by atoms with Crippen LogP contribution in [0.1, 0.15) is 72.6 Å². The average molecular weight is 412 g/mol. The number of rotatable bonds is 5. The molecule has 1 unspecified atom stereocenters. The van der Waals surface area contributed by atoms with Crippen LogP contribution in [0.3, 0.4) is 0 Å².